The quantitative estimate of drug-likeness (QED) is 0.661. The third-order valence-corrected chi connectivity index (χ3v) is 3.33. The Kier molecular flexibility index (Phi) is 2.23. The van der Waals surface area contributed by atoms with Crippen molar-refractivity contribution in [2.45, 2.75) is 6.54 Å². The molecule has 0 unspecified atom stereocenters. The molecule has 1 aromatic carbocycles. The summed E-state index contributed by atoms with van der Waals surface area (Å²) in [6, 6.07) is 8.07. The second-order valence-corrected chi connectivity index (χ2v) is 4.68. The zero-order valence-corrected chi connectivity index (χ0v) is 10.6. The van der Waals surface area contributed by atoms with Crippen LogP contribution in [-0.4, -0.2) is 21.2 Å². The van der Waals surface area contributed by atoms with Crippen LogP contribution < -0.4 is 11.1 Å². The van der Waals surface area contributed by atoms with E-state index in [4.69, 9.17) is 5.73 Å². The zero-order chi connectivity index (χ0) is 13.5. The molecule has 1 aliphatic rings. The molecule has 20 heavy (non-hydrogen) atoms. The van der Waals surface area contributed by atoms with Gasteiger partial charge in [0.25, 0.3) is 0 Å². The number of nitrogens with zero attached hydrogens (tertiary/aromatic N) is 3. The first-order chi connectivity index (χ1) is 9.79. The Morgan fingerprint density at radius 3 is 3.10 bits per heavy atom. The summed E-state index contributed by atoms with van der Waals surface area (Å²) >= 11 is 0. The van der Waals surface area contributed by atoms with Crippen LogP contribution in [0.15, 0.2) is 35.5 Å². The van der Waals surface area contributed by atoms with E-state index in [-0.39, 0.29) is 5.95 Å². The molecule has 0 saturated carbocycles. The van der Waals surface area contributed by atoms with Gasteiger partial charge in [-0.3, -0.25) is 4.99 Å². The standard InChI is InChI=1S/C14H12N6/c15-14-19-12-11(3-4-17-12)13(20-14)18-10-2-1-8-6-16-7-9(8)5-10/h1-5,7H,6H2,(H4,15,17,18,19,20). The maximum absolute atomic E-state index is 5.72. The first-order valence-corrected chi connectivity index (χ1v) is 6.30. The Hall–Kier alpha value is -2.89. The number of anilines is 3. The predicted molar refractivity (Wildman–Crippen MR) is 79.3 cm³/mol. The Morgan fingerprint density at radius 1 is 1.20 bits per heavy atom. The van der Waals surface area contributed by atoms with Crippen LogP contribution in [0.5, 0.6) is 0 Å². The first kappa shape index (κ1) is 11.0. The van der Waals surface area contributed by atoms with Gasteiger partial charge >= 0.3 is 0 Å². The molecule has 0 fully saturated rings. The minimum Gasteiger partial charge on any atom is -0.368 e. The lowest BCUT2D eigenvalue weighted by molar-refractivity contribution is 1.11. The van der Waals surface area contributed by atoms with Crippen molar-refractivity contribution in [2.24, 2.45) is 4.99 Å². The monoisotopic (exact) mass is 264 g/mol. The van der Waals surface area contributed by atoms with Crippen molar-refractivity contribution in [1.82, 2.24) is 15.0 Å². The highest BCUT2D eigenvalue weighted by molar-refractivity contribution is 5.91. The van der Waals surface area contributed by atoms with Crippen LogP contribution >= 0.6 is 0 Å². The van der Waals surface area contributed by atoms with Gasteiger partial charge in [-0.1, -0.05) is 6.07 Å². The zero-order valence-electron chi connectivity index (χ0n) is 10.6. The number of nitrogen functional groups attached to an aromatic ring is 1. The smallest absolute Gasteiger partial charge is 0.224 e. The lowest BCUT2D eigenvalue weighted by Gasteiger charge is -2.08. The molecule has 6 nitrogen and oxygen atoms in total. The number of aliphatic imine (C=N–C) groups is 1. The number of fused-ring (bicyclic) bond motifs is 2. The van der Waals surface area contributed by atoms with Crippen molar-refractivity contribution in [1.29, 1.82) is 0 Å². The number of hydrogen-bond acceptors (Lipinski definition) is 5. The molecule has 4 rings (SSSR count). The van der Waals surface area contributed by atoms with E-state index in [0.717, 1.165) is 28.8 Å². The number of aromatic nitrogens is 3. The van der Waals surface area contributed by atoms with Gasteiger partial charge < -0.3 is 16.0 Å². The maximum Gasteiger partial charge on any atom is 0.224 e. The van der Waals surface area contributed by atoms with Crippen LogP contribution in [-0.2, 0) is 6.54 Å². The number of aromatic amines is 1. The first-order valence-electron chi connectivity index (χ1n) is 6.30. The van der Waals surface area contributed by atoms with E-state index < -0.39 is 0 Å². The fraction of sp³-hybridized carbons (Fsp3) is 0.0714. The van der Waals surface area contributed by atoms with Gasteiger partial charge in [-0.2, -0.15) is 9.97 Å². The fourth-order valence-electron chi connectivity index (χ4n) is 2.37. The summed E-state index contributed by atoms with van der Waals surface area (Å²) in [5.41, 5.74) is 9.79. The molecular formula is C14H12N6. The van der Waals surface area contributed by atoms with E-state index in [2.05, 4.69) is 37.4 Å². The van der Waals surface area contributed by atoms with Crippen LogP contribution in [0.1, 0.15) is 11.1 Å². The van der Waals surface area contributed by atoms with Crippen LogP contribution in [0.2, 0.25) is 0 Å². The van der Waals surface area contributed by atoms with Crippen LogP contribution in [0.3, 0.4) is 0 Å². The fourth-order valence-corrected chi connectivity index (χ4v) is 2.37. The van der Waals surface area contributed by atoms with Crippen molar-refractivity contribution in [2.75, 3.05) is 11.1 Å². The average Bonchev–Trinajstić information content (AvgIpc) is 3.05. The summed E-state index contributed by atoms with van der Waals surface area (Å²) in [6.07, 6.45) is 3.71. The van der Waals surface area contributed by atoms with Gasteiger partial charge in [0, 0.05) is 18.1 Å². The molecule has 98 valence electrons. The Bertz CT molecular complexity index is 833. The van der Waals surface area contributed by atoms with E-state index in [1.807, 2.05) is 24.5 Å². The van der Waals surface area contributed by atoms with Crippen molar-refractivity contribution < 1.29 is 0 Å². The van der Waals surface area contributed by atoms with Gasteiger partial charge in [0.05, 0.1) is 11.9 Å². The van der Waals surface area contributed by atoms with Crippen LogP contribution in [0.25, 0.3) is 11.0 Å². The maximum atomic E-state index is 5.72. The molecule has 0 spiro atoms. The second-order valence-electron chi connectivity index (χ2n) is 4.68. The highest BCUT2D eigenvalue weighted by Crippen LogP contribution is 2.26. The molecule has 0 saturated heterocycles. The molecule has 1 aliphatic heterocycles. The number of hydrogen-bond donors (Lipinski definition) is 3. The predicted octanol–water partition coefficient (Wildman–Crippen LogP) is 2.22. The molecule has 0 aliphatic carbocycles. The average molecular weight is 264 g/mol. The highest BCUT2D eigenvalue weighted by atomic mass is 15.1. The van der Waals surface area contributed by atoms with E-state index in [0.29, 0.717) is 5.82 Å². The van der Waals surface area contributed by atoms with Gasteiger partial charge in [0.2, 0.25) is 5.95 Å². The van der Waals surface area contributed by atoms with E-state index in [1.54, 1.807) is 0 Å². The Morgan fingerprint density at radius 2 is 2.15 bits per heavy atom. The summed E-state index contributed by atoms with van der Waals surface area (Å²) in [7, 11) is 0. The summed E-state index contributed by atoms with van der Waals surface area (Å²) in [4.78, 5) is 15.7. The lowest BCUT2D eigenvalue weighted by atomic mass is 10.1. The normalized spacial score (nSPS) is 12.8. The third-order valence-electron chi connectivity index (χ3n) is 3.33. The molecule has 3 aromatic rings. The topological polar surface area (TPSA) is 92.0 Å². The molecule has 0 atom stereocenters. The SMILES string of the molecule is Nc1nc(Nc2ccc3c(c2)C=NC3)c2cc[nH]c2n1. The molecule has 4 N–H and O–H groups in total. The molecule has 2 aromatic heterocycles. The Balaban J connectivity index is 1.77. The lowest BCUT2D eigenvalue weighted by Crippen LogP contribution is -2.01. The summed E-state index contributed by atoms with van der Waals surface area (Å²) in [5, 5.41) is 4.20. The summed E-state index contributed by atoms with van der Waals surface area (Å²) in [6.45, 7) is 0.762. The number of nitrogens with two attached hydrogens (primary N) is 1. The van der Waals surface area contributed by atoms with Gasteiger partial charge in [-0.25, -0.2) is 0 Å². The van der Waals surface area contributed by atoms with Gasteiger partial charge in [-0.05, 0) is 29.3 Å². The molecule has 3 heterocycles. The van der Waals surface area contributed by atoms with Crippen molar-refractivity contribution in [3.05, 3.63) is 41.6 Å². The molecule has 0 bridgehead atoms. The van der Waals surface area contributed by atoms with Crippen molar-refractivity contribution in [3.8, 4) is 0 Å². The van der Waals surface area contributed by atoms with Crippen LogP contribution in [0.4, 0.5) is 17.5 Å². The number of H-pyrrole nitrogens is 1. The number of benzene rings is 1. The Labute approximate surface area is 114 Å². The number of nitrogens with one attached hydrogen (secondary N) is 2. The van der Waals surface area contributed by atoms with E-state index >= 15 is 0 Å². The molecule has 0 radical (unpaired) electrons. The van der Waals surface area contributed by atoms with Crippen molar-refractivity contribution in [3.63, 3.8) is 0 Å². The second kappa shape index (κ2) is 4.06. The summed E-state index contributed by atoms with van der Waals surface area (Å²) < 4.78 is 0. The largest absolute Gasteiger partial charge is 0.368 e. The number of rotatable bonds is 2. The summed E-state index contributed by atoms with van der Waals surface area (Å²) in [5.74, 6) is 0.939. The molecule has 0 amide bonds. The van der Waals surface area contributed by atoms with Crippen molar-refractivity contribution >= 4 is 34.7 Å². The van der Waals surface area contributed by atoms with E-state index in [1.165, 1.54) is 5.56 Å². The third kappa shape index (κ3) is 1.70. The van der Waals surface area contributed by atoms with Gasteiger partial charge in [0.15, 0.2) is 0 Å². The minimum absolute atomic E-state index is 0.241. The van der Waals surface area contributed by atoms with Gasteiger partial charge in [-0.15, -0.1) is 0 Å². The molecular weight excluding hydrogens is 252 g/mol. The highest BCUT2D eigenvalue weighted by Gasteiger charge is 2.10. The van der Waals surface area contributed by atoms with E-state index in [9.17, 15) is 0 Å². The molecule has 6 heteroatoms. The van der Waals surface area contributed by atoms with Gasteiger partial charge in [0.1, 0.15) is 11.5 Å². The van der Waals surface area contributed by atoms with Crippen LogP contribution in [0, 0.1) is 0 Å². The minimum atomic E-state index is 0.241.